The molecule has 0 spiro atoms. The molecule has 1 aromatic carbocycles. The molecule has 0 unspecified atom stereocenters. The van der Waals surface area contributed by atoms with Gasteiger partial charge < -0.3 is 35.9 Å². The summed E-state index contributed by atoms with van der Waals surface area (Å²) >= 11 is 0. The Bertz CT molecular complexity index is 1470. The van der Waals surface area contributed by atoms with Crippen LogP contribution in [0, 0.1) is 12.3 Å². The summed E-state index contributed by atoms with van der Waals surface area (Å²) < 4.78 is 10.7. The Hall–Kier alpha value is -4.81. The Morgan fingerprint density at radius 3 is 2.47 bits per heavy atom. The molecule has 0 saturated heterocycles. The number of hydrogen-bond acceptors (Lipinski definition) is 11. The molecule has 0 aliphatic rings. The van der Waals surface area contributed by atoms with Gasteiger partial charge in [-0.2, -0.15) is 4.98 Å². The van der Waals surface area contributed by atoms with Gasteiger partial charge in [0.15, 0.2) is 0 Å². The topological polar surface area (TPSA) is 180 Å². The lowest BCUT2D eigenvalue weighted by Crippen LogP contribution is -2.36. The van der Waals surface area contributed by atoms with Gasteiger partial charge in [-0.15, -0.1) is 0 Å². The van der Waals surface area contributed by atoms with Gasteiger partial charge in [0.1, 0.15) is 5.60 Å². The molecule has 2 amide bonds. The first-order chi connectivity index (χ1) is 20.2. The number of nitrogens with zero attached hydrogens (tertiary/aromatic N) is 4. The quantitative estimate of drug-likeness (QED) is 0.197. The van der Waals surface area contributed by atoms with Gasteiger partial charge in [0.25, 0.3) is 11.7 Å². The molecule has 13 nitrogen and oxygen atoms in total. The highest BCUT2D eigenvalue weighted by molar-refractivity contribution is 5.90. The summed E-state index contributed by atoms with van der Waals surface area (Å²) in [6.07, 6.45) is 4.27. The van der Waals surface area contributed by atoms with Crippen molar-refractivity contribution in [2.45, 2.75) is 71.9 Å². The van der Waals surface area contributed by atoms with Crippen LogP contribution in [-0.2, 0) is 10.2 Å². The standard InChI is InChI=1S/C30H41N9O4/c1-18-15-19(22-11-13-33-27(37-22)35-20(16-31)17-32-8)9-10-21(18)23(12-14-34-28(41)42-30(5,6)7)36-25(40)24-38-26(43-39-24)29(2,3)4/h9-11,13,15-17,23,31-32H,12,14H2,1-8H3,(H,34,41)(H,36,40)(H,33,35,37)/b20-17+,31-16?/t23-/m1/s1. The van der Waals surface area contributed by atoms with E-state index in [1.54, 1.807) is 46.3 Å². The molecule has 0 aliphatic heterocycles. The van der Waals surface area contributed by atoms with Crippen LogP contribution < -0.4 is 21.3 Å². The second-order valence-electron chi connectivity index (χ2n) is 11.9. The van der Waals surface area contributed by atoms with Crippen LogP contribution in [-0.4, -0.2) is 57.5 Å². The first-order valence-electron chi connectivity index (χ1n) is 13.9. The summed E-state index contributed by atoms with van der Waals surface area (Å²) in [5, 5.41) is 23.0. The van der Waals surface area contributed by atoms with Crippen LogP contribution in [0.3, 0.4) is 0 Å². The second-order valence-corrected chi connectivity index (χ2v) is 11.9. The van der Waals surface area contributed by atoms with Crippen molar-refractivity contribution >= 4 is 24.2 Å². The monoisotopic (exact) mass is 591 g/mol. The van der Waals surface area contributed by atoms with Crippen molar-refractivity contribution in [3.63, 3.8) is 0 Å². The van der Waals surface area contributed by atoms with Gasteiger partial charge >= 0.3 is 6.09 Å². The molecule has 43 heavy (non-hydrogen) atoms. The second kappa shape index (κ2) is 13.9. The lowest BCUT2D eigenvalue weighted by atomic mass is 9.95. The third kappa shape index (κ3) is 9.62. The number of rotatable bonds is 11. The molecule has 0 radical (unpaired) electrons. The van der Waals surface area contributed by atoms with E-state index in [-0.39, 0.29) is 12.4 Å². The molecule has 0 fully saturated rings. The smallest absolute Gasteiger partial charge is 0.407 e. The predicted octanol–water partition coefficient (Wildman–Crippen LogP) is 4.64. The Morgan fingerprint density at radius 2 is 1.86 bits per heavy atom. The molecule has 2 aromatic heterocycles. The van der Waals surface area contributed by atoms with Gasteiger partial charge in [-0.3, -0.25) is 4.79 Å². The Labute approximate surface area is 251 Å². The molecule has 3 rings (SSSR count). The number of aromatic nitrogens is 4. The Morgan fingerprint density at radius 1 is 1.12 bits per heavy atom. The van der Waals surface area contributed by atoms with E-state index in [4.69, 9.17) is 14.7 Å². The maximum atomic E-state index is 13.2. The van der Waals surface area contributed by atoms with Gasteiger partial charge in [0, 0.05) is 43.2 Å². The van der Waals surface area contributed by atoms with Crippen molar-refractivity contribution in [2.24, 2.45) is 0 Å². The molecule has 0 bridgehead atoms. The number of carbonyl (C=O) groups is 2. The fraction of sp³-hybridized carbons (Fsp3) is 0.433. The van der Waals surface area contributed by atoms with Crippen LogP contribution in [0.5, 0.6) is 0 Å². The first kappa shape index (κ1) is 32.7. The van der Waals surface area contributed by atoms with Crippen molar-refractivity contribution in [1.29, 1.82) is 5.41 Å². The van der Waals surface area contributed by atoms with Crippen LogP contribution in [0.25, 0.3) is 11.3 Å². The van der Waals surface area contributed by atoms with E-state index in [1.807, 2.05) is 45.9 Å². The lowest BCUT2D eigenvalue weighted by Gasteiger charge is -2.23. The predicted molar refractivity (Wildman–Crippen MR) is 164 cm³/mol. The average Bonchev–Trinajstić information content (AvgIpc) is 3.43. The fourth-order valence-electron chi connectivity index (χ4n) is 3.99. The minimum atomic E-state index is -0.631. The van der Waals surface area contributed by atoms with E-state index >= 15 is 0 Å². The maximum absolute atomic E-state index is 13.2. The van der Waals surface area contributed by atoms with Gasteiger partial charge in [-0.25, -0.2) is 14.8 Å². The van der Waals surface area contributed by atoms with Crippen molar-refractivity contribution in [2.75, 3.05) is 18.9 Å². The van der Waals surface area contributed by atoms with Gasteiger partial charge in [0.05, 0.1) is 17.4 Å². The molecule has 230 valence electrons. The van der Waals surface area contributed by atoms with Crippen LogP contribution in [0.4, 0.5) is 10.7 Å². The number of benzene rings is 1. The van der Waals surface area contributed by atoms with E-state index in [9.17, 15) is 9.59 Å². The molecule has 5 N–H and O–H groups in total. The summed E-state index contributed by atoms with van der Waals surface area (Å²) in [5.41, 5.74) is 2.72. The van der Waals surface area contributed by atoms with Crippen LogP contribution in [0.15, 0.2) is 46.9 Å². The van der Waals surface area contributed by atoms with Gasteiger partial charge in [0.2, 0.25) is 11.8 Å². The molecule has 3 aromatic rings. The number of ether oxygens (including phenoxy) is 1. The summed E-state index contributed by atoms with van der Waals surface area (Å²) in [6.45, 7) is 13.3. The summed E-state index contributed by atoms with van der Waals surface area (Å²) in [5.74, 6) is 0.140. The normalized spacial score (nSPS) is 12.7. The summed E-state index contributed by atoms with van der Waals surface area (Å²) in [4.78, 5) is 38.5. The number of amides is 2. The minimum absolute atomic E-state index is 0.0677. The minimum Gasteiger partial charge on any atom is -0.444 e. The first-order valence-corrected chi connectivity index (χ1v) is 13.9. The van der Waals surface area contributed by atoms with E-state index in [0.29, 0.717) is 29.7 Å². The number of allylic oxidation sites excluding steroid dienone is 1. The van der Waals surface area contributed by atoms with E-state index < -0.39 is 29.1 Å². The van der Waals surface area contributed by atoms with Crippen molar-refractivity contribution in [1.82, 2.24) is 36.1 Å². The highest BCUT2D eigenvalue weighted by atomic mass is 16.6. The van der Waals surface area contributed by atoms with E-state index in [0.717, 1.165) is 22.9 Å². The largest absolute Gasteiger partial charge is 0.444 e. The number of anilines is 1. The zero-order valence-corrected chi connectivity index (χ0v) is 26.0. The third-order valence-corrected chi connectivity index (χ3v) is 5.99. The molecular weight excluding hydrogens is 550 g/mol. The van der Waals surface area contributed by atoms with Crippen LogP contribution in [0.2, 0.25) is 0 Å². The fourth-order valence-corrected chi connectivity index (χ4v) is 3.99. The van der Waals surface area contributed by atoms with E-state index in [1.165, 1.54) is 0 Å². The van der Waals surface area contributed by atoms with Gasteiger partial charge in [-0.05, 0) is 57.4 Å². The number of aryl methyl sites for hydroxylation is 1. The Balaban J connectivity index is 1.86. The summed E-state index contributed by atoms with van der Waals surface area (Å²) in [7, 11) is 1.74. The van der Waals surface area contributed by atoms with Crippen molar-refractivity contribution in [3.8, 4) is 11.3 Å². The van der Waals surface area contributed by atoms with Crippen molar-refractivity contribution in [3.05, 3.63) is 65.2 Å². The lowest BCUT2D eigenvalue weighted by molar-refractivity contribution is 0.0526. The number of alkyl carbamates (subject to hydrolysis) is 1. The average molecular weight is 592 g/mol. The number of carbonyl (C=O) groups excluding carboxylic acids is 2. The van der Waals surface area contributed by atoms with E-state index in [2.05, 4.69) is 41.4 Å². The van der Waals surface area contributed by atoms with Crippen molar-refractivity contribution < 1.29 is 18.8 Å². The zero-order chi connectivity index (χ0) is 31.8. The molecule has 0 saturated carbocycles. The van der Waals surface area contributed by atoms with Gasteiger partial charge in [-0.1, -0.05) is 38.1 Å². The molecule has 13 heteroatoms. The maximum Gasteiger partial charge on any atom is 0.407 e. The number of nitrogens with one attached hydrogen (secondary N) is 5. The molecular formula is C30H41N9O4. The van der Waals surface area contributed by atoms with Crippen LogP contribution >= 0.6 is 0 Å². The SMILES string of the molecule is CN/C=C(\C=N)Nc1nccc(-c2ccc([C@@H](CCNC(=O)OC(C)(C)C)NC(=O)c3noc(C(C)(C)C)n3)c(C)c2)n1. The summed E-state index contributed by atoms with van der Waals surface area (Å²) in [6, 6.07) is 7.09. The molecule has 2 heterocycles. The highest BCUT2D eigenvalue weighted by Crippen LogP contribution is 2.27. The zero-order valence-electron chi connectivity index (χ0n) is 26.0. The number of hydrogen-bond donors (Lipinski definition) is 5. The highest BCUT2D eigenvalue weighted by Gasteiger charge is 2.26. The van der Waals surface area contributed by atoms with Crippen LogP contribution in [0.1, 0.15) is 81.6 Å². The molecule has 0 aliphatic carbocycles. The molecule has 1 atom stereocenters. The Kier molecular flexibility index (Phi) is 10.6. The third-order valence-electron chi connectivity index (χ3n) is 5.99.